The maximum atomic E-state index is 13.9. The van der Waals surface area contributed by atoms with Crippen molar-refractivity contribution in [2.24, 2.45) is 0 Å². The van der Waals surface area contributed by atoms with Crippen LogP contribution in [0.4, 0.5) is 9.52 Å². The largest absolute Gasteiger partial charge is 0.345 e. The normalized spacial score (nSPS) is 14.8. The van der Waals surface area contributed by atoms with Crippen LogP contribution in [0.3, 0.4) is 0 Å². The van der Waals surface area contributed by atoms with E-state index in [1.165, 1.54) is 23.5 Å². The highest BCUT2D eigenvalue weighted by Gasteiger charge is 2.24. The number of hydrogen-bond donors (Lipinski definition) is 0. The first kappa shape index (κ1) is 18.8. The van der Waals surface area contributed by atoms with Gasteiger partial charge in [-0.1, -0.05) is 53.3 Å². The number of aromatic nitrogens is 2. The molecule has 1 aliphatic heterocycles. The minimum absolute atomic E-state index is 0.118. The van der Waals surface area contributed by atoms with E-state index in [0.717, 1.165) is 28.7 Å². The molecule has 1 fully saturated rings. The van der Waals surface area contributed by atoms with Gasteiger partial charge in [0.15, 0.2) is 5.01 Å². The van der Waals surface area contributed by atoms with E-state index in [4.69, 9.17) is 11.6 Å². The van der Waals surface area contributed by atoms with Crippen LogP contribution < -0.4 is 4.90 Å². The van der Waals surface area contributed by atoms with Crippen molar-refractivity contribution in [3.63, 3.8) is 0 Å². The summed E-state index contributed by atoms with van der Waals surface area (Å²) in [6, 6.07) is 13.7. The SMILES string of the molecule is O=C(c1ccccc1F)N1CCCN(c2nnc(-c3ccccc3Cl)s2)CC1. The van der Waals surface area contributed by atoms with Crippen molar-refractivity contribution in [2.45, 2.75) is 6.42 Å². The second-order valence-corrected chi connectivity index (χ2v) is 7.85. The van der Waals surface area contributed by atoms with Crippen LogP contribution in [-0.2, 0) is 0 Å². The van der Waals surface area contributed by atoms with Gasteiger partial charge in [-0.3, -0.25) is 4.79 Å². The first-order chi connectivity index (χ1) is 13.6. The predicted octanol–water partition coefficient (Wildman–Crippen LogP) is 4.35. The second kappa shape index (κ2) is 8.24. The molecule has 1 saturated heterocycles. The first-order valence-electron chi connectivity index (χ1n) is 9.00. The van der Waals surface area contributed by atoms with Crippen LogP contribution in [0.25, 0.3) is 10.6 Å². The Morgan fingerprint density at radius 3 is 2.61 bits per heavy atom. The summed E-state index contributed by atoms with van der Waals surface area (Å²) in [5, 5.41) is 10.8. The Balaban J connectivity index is 1.47. The smallest absolute Gasteiger partial charge is 0.256 e. The third-order valence-electron chi connectivity index (χ3n) is 4.68. The van der Waals surface area contributed by atoms with E-state index < -0.39 is 5.82 Å². The van der Waals surface area contributed by atoms with Crippen molar-refractivity contribution in [3.8, 4) is 10.6 Å². The molecule has 5 nitrogen and oxygen atoms in total. The van der Waals surface area contributed by atoms with Crippen LogP contribution in [-0.4, -0.2) is 47.2 Å². The van der Waals surface area contributed by atoms with Crippen LogP contribution in [0.5, 0.6) is 0 Å². The molecule has 0 radical (unpaired) electrons. The van der Waals surface area contributed by atoms with E-state index in [-0.39, 0.29) is 11.5 Å². The van der Waals surface area contributed by atoms with Gasteiger partial charge in [-0.15, -0.1) is 10.2 Å². The molecule has 1 aromatic heterocycles. The number of nitrogens with zero attached hydrogens (tertiary/aromatic N) is 4. The number of halogens is 2. The number of carbonyl (C=O) groups is 1. The van der Waals surface area contributed by atoms with Gasteiger partial charge in [-0.2, -0.15) is 0 Å². The molecule has 4 rings (SSSR count). The fourth-order valence-corrected chi connectivity index (χ4v) is 4.42. The second-order valence-electron chi connectivity index (χ2n) is 6.48. The highest BCUT2D eigenvalue weighted by Crippen LogP contribution is 2.33. The van der Waals surface area contributed by atoms with E-state index in [9.17, 15) is 9.18 Å². The van der Waals surface area contributed by atoms with E-state index in [0.29, 0.717) is 24.7 Å². The van der Waals surface area contributed by atoms with Gasteiger partial charge in [0.25, 0.3) is 5.91 Å². The molecule has 0 aliphatic carbocycles. The summed E-state index contributed by atoms with van der Waals surface area (Å²) in [4.78, 5) is 16.5. The van der Waals surface area contributed by atoms with Gasteiger partial charge in [-0.25, -0.2) is 4.39 Å². The number of rotatable bonds is 3. The van der Waals surface area contributed by atoms with Gasteiger partial charge in [0, 0.05) is 31.7 Å². The maximum absolute atomic E-state index is 13.9. The molecule has 3 aromatic rings. The topological polar surface area (TPSA) is 49.3 Å². The third kappa shape index (κ3) is 3.86. The molecule has 2 heterocycles. The number of amides is 1. The maximum Gasteiger partial charge on any atom is 0.256 e. The molecule has 0 saturated carbocycles. The average Bonchev–Trinajstić information content (AvgIpc) is 3.06. The predicted molar refractivity (Wildman–Crippen MR) is 109 cm³/mol. The van der Waals surface area contributed by atoms with Crippen molar-refractivity contribution < 1.29 is 9.18 Å². The molecule has 0 atom stereocenters. The molecule has 28 heavy (non-hydrogen) atoms. The Morgan fingerprint density at radius 2 is 1.79 bits per heavy atom. The Morgan fingerprint density at radius 1 is 1.00 bits per heavy atom. The van der Waals surface area contributed by atoms with E-state index in [1.54, 1.807) is 17.0 Å². The lowest BCUT2D eigenvalue weighted by Gasteiger charge is -2.21. The number of hydrogen-bond acceptors (Lipinski definition) is 5. The summed E-state index contributed by atoms with van der Waals surface area (Å²) >= 11 is 7.74. The number of carbonyl (C=O) groups excluding carboxylic acids is 1. The molecular weight excluding hydrogens is 399 g/mol. The van der Waals surface area contributed by atoms with Crippen molar-refractivity contribution in [1.29, 1.82) is 0 Å². The third-order valence-corrected chi connectivity index (χ3v) is 6.02. The minimum Gasteiger partial charge on any atom is -0.345 e. The molecule has 0 bridgehead atoms. The highest BCUT2D eigenvalue weighted by molar-refractivity contribution is 7.18. The zero-order valence-electron chi connectivity index (χ0n) is 15.0. The fraction of sp³-hybridized carbons (Fsp3) is 0.250. The molecule has 1 aliphatic rings. The lowest BCUT2D eigenvalue weighted by atomic mass is 10.2. The van der Waals surface area contributed by atoms with Crippen molar-refractivity contribution in [3.05, 3.63) is 64.9 Å². The highest BCUT2D eigenvalue weighted by atomic mass is 35.5. The monoisotopic (exact) mass is 416 g/mol. The quantitative estimate of drug-likeness (QED) is 0.637. The van der Waals surface area contributed by atoms with E-state index in [1.807, 2.05) is 24.3 Å². The standard InChI is InChI=1S/C20H18ClFN4OS/c21-16-8-3-1-6-14(16)18-23-24-20(28-18)26-11-5-10-25(12-13-26)19(27)15-7-2-4-9-17(15)22/h1-4,6-9H,5,10-13H2. The van der Waals surface area contributed by atoms with Gasteiger partial charge in [-0.05, 0) is 24.6 Å². The van der Waals surface area contributed by atoms with Crippen molar-refractivity contribution in [1.82, 2.24) is 15.1 Å². The average molecular weight is 417 g/mol. The molecule has 0 N–H and O–H groups in total. The lowest BCUT2D eigenvalue weighted by molar-refractivity contribution is 0.0762. The van der Waals surface area contributed by atoms with Crippen LogP contribution >= 0.6 is 22.9 Å². The zero-order valence-corrected chi connectivity index (χ0v) is 16.6. The van der Waals surface area contributed by atoms with Crippen LogP contribution in [0, 0.1) is 5.82 Å². The minimum atomic E-state index is -0.484. The van der Waals surface area contributed by atoms with Crippen LogP contribution in [0.15, 0.2) is 48.5 Å². The van der Waals surface area contributed by atoms with Gasteiger partial charge in [0.05, 0.1) is 10.6 Å². The Kier molecular flexibility index (Phi) is 5.54. The summed E-state index contributed by atoms with van der Waals surface area (Å²) < 4.78 is 13.9. The van der Waals surface area contributed by atoms with Crippen molar-refractivity contribution in [2.75, 3.05) is 31.1 Å². The summed E-state index contributed by atoms with van der Waals surface area (Å²) in [5.41, 5.74) is 0.979. The lowest BCUT2D eigenvalue weighted by Crippen LogP contribution is -2.35. The summed E-state index contributed by atoms with van der Waals surface area (Å²) in [6.07, 6.45) is 0.779. The molecular formula is C20H18ClFN4OS. The molecule has 0 unspecified atom stereocenters. The Hall–Kier alpha value is -2.51. The van der Waals surface area contributed by atoms with Gasteiger partial charge in [0.2, 0.25) is 5.13 Å². The van der Waals surface area contributed by atoms with Crippen LogP contribution in [0.1, 0.15) is 16.8 Å². The molecule has 144 valence electrons. The van der Waals surface area contributed by atoms with E-state index >= 15 is 0 Å². The summed E-state index contributed by atoms with van der Waals surface area (Å²) in [5.74, 6) is -0.754. The zero-order chi connectivity index (χ0) is 19.5. The van der Waals surface area contributed by atoms with Crippen LogP contribution in [0.2, 0.25) is 5.02 Å². The van der Waals surface area contributed by atoms with Gasteiger partial charge in [0.1, 0.15) is 5.82 Å². The van der Waals surface area contributed by atoms with E-state index in [2.05, 4.69) is 15.1 Å². The molecule has 2 aromatic carbocycles. The number of benzene rings is 2. The summed E-state index contributed by atoms with van der Waals surface area (Å²) in [7, 11) is 0. The molecule has 0 spiro atoms. The molecule has 8 heteroatoms. The first-order valence-corrected chi connectivity index (χ1v) is 10.2. The van der Waals surface area contributed by atoms with Gasteiger partial charge >= 0.3 is 0 Å². The van der Waals surface area contributed by atoms with Crippen molar-refractivity contribution >= 4 is 34.0 Å². The van der Waals surface area contributed by atoms with Gasteiger partial charge < -0.3 is 9.80 Å². The fourth-order valence-electron chi connectivity index (χ4n) is 3.20. The number of anilines is 1. The molecule has 1 amide bonds. The summed E-state index contributed by atoms with van der Waals surface area (Å²) in [6.45, 7) is 2.48. The Labute approximate surface area is 171 Å². The Bertz CT molecular complexity index is 996.